The van der Waals surface area contributed by atoms with Gasteiger partial charge in [-0.15, -0.1) is 0 Å². The van der Waals surface area contributed by atoms with Crippen LogP contribution in [0.25, 0.3) is 11.1 Å². The van der Waals surface area contributed by atoms with Gasteiger partial charge in [0.25, 0.3) is 0 Å². The molecular weight excluding hydrogens is 172 g/mol. The van der Waals surface area contributed by atoms with Gasteiger partial charge in [-0.05, 0) is 18.1 Å². The van der Waals surface area contributed by atoms with E-state index in [-0.39, 0.29) is 5.75 Å². The number of para-hydroxylation sites is 1. The van der Waals surface area contributed by atoms with Gasteiger partial charge in [-0.1, -0.05) is 48.5 Å². The zero-order valence-corrected chi connectivity index (χ0v) is 7.77. The normalized spacial score (nSPS) is 10.1. The van der Waals surface area contributed by atoms with Crippen LogP contribution in [0.15, 0.2) is 48.5 Å². The van der Waals surface area contributed by atoms with Crippen LogP contribution in [-0.4, -0.2) is 5.11 Å². The predicted octanol–water partition coefficient (Wildman–Crippen LogP) is 3.24. The number of hydrogen-bond donors (Lipinski definition) is 1. The van der Waals surface area contributed by atoms with E-state index in [0.29, 0.717) is 5.56 Å². The average molecular weight is 183 g/mol. The first-order valence-corrected chi connectivity index (χ1v) is 4.48. The summed E-state index contributed by atoms with van der Waals surface area (Å²) in [5.74, 6) is 0.263. The Labute approximate surface area is 83.6 Å². The van der Waals surface area contributed by atoms with E-state index in [0.717, 1.165) is 11.1 Å². The van der Waals surface area contributed by atoms with Crippen LogP contribution in [0.4, 0.5) is 0 Å². The predicted molar refractivity (Wildman–Crippen MR) is 58.0 cm³/mol. The third-order valence-electron chi connectivity index (χ3n) is 2.20. The molecule has 0 bridgehead atoms. The molecule has 0 fully saturated rings. The number of benzene rings is 2. The molecule has 69 valence electrons. The van der Waals surface area contributed by atoms with Crippen LogP contribution in [0, 0.1) is 6.92 Å². The van der Waals surface area contributed by atoms with Gasteiger partial charge in [0.2, 0.25) is 0 Å². The Kier molecular flexibility index (Phi) is 2.23. The minimum Gasteiger partial charge on any atom is -0.507 e. The summed E-state index contributed by atoms with van der Waals surface area (Å²) in [4.78, 5) is 0. The molecule has 0 saturated heterocycles. The molecule has 0 aliphatic heterocycles. The Morgan fingerprint density at radius 3 is 2.29 bits per heavy atom. The van der Waals surface area contributed by atoms with E-state index < -0.39 is 0 Å². The van der Waals surface area contributed by atoms with Gasteiger partial charge in [-0.25, -0.2) is 0 Å². The Hall–Kier alpha value is -1.76. The van der Waals surface area contributed by atoms with Crippen LogP contribution in [0.1, 0.15) is 5.56 Å². The molecule has 0 aliphatic carbocycles. The molecule has 0 saturated carbocycles. The molecular formula is C13H11O. The maximum Gasteiger partial charge on any atom is 0.126 e. The molecule has 0 atom stereocenters. The van der Waals surface area contributed by atoms with E-state index >= 15 is 0 Å². The lowest BCUT2D eigenvalue weighted by molar-refractivity contribution is 0.475. The molecule has 1 N–H and O–H groups in total. The lowest BCUT2D eigenvalue weighted by Crippen LogP contribution is -1.81. The smallest absolute Gasteiger partial charge is 0.126 e. The van der Waals surface area contributed by atoms with Crippen LogP contribution in [0.5, 0.6) is 5.75 Å². The first-order valence-electron chi connectivity index (χ1n) is 4.48. The van der Waals surface area contributed by atoms with Crippen molar-refractivity contribution in [3.8, 4) is 16.9 Å². The van der Waals surface area contributed by atoms with Gasteiger partial charge in [0.15, 0.2) is 0 Å². The highest BCUT2D eigenvalue weighted by molar-refractivity contribution is 5.71. The first kappa shape index (κ1) is 8.82. The summed E-state index contributed by atoms with van der Waals surface area (Å²) in [6.45, 7) is 3.76. The Morgan fingerprint density at radius 1 is 0.857 bits per heavy atom. The van der Waals surface area contributed by atoms with Crippen molar-refractivity contribution in [3.63, 3.8) is 0 Å². The van der Waals surface area contributed by atoms with Gasteiger partial charge >= 0.3 is 0 Å². The molecule has 0 unspecified atom stereocenters. The van der Waals surface area contributed by atoms with Crippen molar-refractivity contribution in [1.82, 2.24) is 0 Å². The summed E-state index contributed by atoms with van der Waals surface area (Å²) in [6, 6.07) is 15.4. The maximum absolute atomic E-state index is 9.79. The number of aromatic hydroxyl groups is 1. The van der Waals surface area contributed by atoms with Crippen molar-refractivity contribution in [1.29, 1.82) is 0 Å². The minimum absolute atomic E-state index is 0.263. The van der Waals surface area contributed by atoms with E-state index in [2.05, 4.69) is 6.92 Å². The number of phenols is 1. The highest BCUT2D eigenvalue weighted by Gasteiger charge is 2.04. The van der Waals surface area contributed by atoms with E-state index in [1.54, 1.807) is 6.07 Å². The second-order valence-corrected chi connectivity index (χ2v) is 3.18. The summed E-state index contributed by atoms with van der Waals surface area (Å²) < 4.78 is 0. The molecule has 0 heterocycles. The zero-order valence-electron chi connectivity index (χ0n) is 7.77. The fourth-order valence-corrected chi connectivity index (χ4v) is 1.44. The van der Waals surface area contributed by atoms with Crippen molar-refractivity contribution in [3.05, 3.63) is 61.0 Å². The molecule has 0 amide bonds. The number of hydrogen-bond acceptors (Lipinski definition) is 1. The molecule has 0 aliphatic rings. The van der Waals surface area contributed by atoms with Gasteiger partial charge in [-0.3, -0.25) is 0 Å². The summed E-state index contributed by atoms with van der Waals surface area (Å²) in [5.41, 5.74) is 2.50. The van der Waals surface area contributed by atoms with Gasteiger partial charge in [0.1, 0.15) is 5.75 Å². The van der Waals surface area contributed by atoms with E-state index in [4.69, 9.17) is 0 Å². The lowest BCUT2D eigenvalue weighted by atomic mass is 10.0. The van der Waals surface area contributed by atoms with Crippen molar-refractivity contribution in [2.75, 3.05) is 0 Å². The fourth-order valence-electron chi connectivity index (χ4n) is 1.44. The monoisotopic (exact) mass is 183 g/mol. The maximum atomic E-state index is 9.79. The average Bonchev–Trinajstić information content (AvgIpc) is 2.23. The number of phenolic OH excluding ortho intramolecular Hbond substituents is 1. The highest BCUT2D eigenvalue weighted by Crippen LogP contribution is 2.31. The van der Waals surface area contributed by atoms with Crippen LogP contribution >= 0.6 is 0 Å². The van der Waals surface area contributed by atoms with Crippen molar-refractivity contribution in [2.45, 2.75) is 0 Å². The van der Waals surface area contributed by atoms with Gasteiger partial charge in [-0.2, -0.15) is 0 Å². The lowest BCUT2D eigenvalue weighted by Gasteiger charge is -2.06. The summed E-state index contributed by atoms with van der Waals surface area (Å²) in [7, 11) is 0. The molecule has 14 heavy (non-hydrogen) atoms. The molecule has 2 aromatic rings. The number of rotatable bonds is 1. The summed E-state index contributed by atoms with van der Waals surface area (Å²) in [6.07, 6.45) is 0. The van der Waals surface area contributed by atoms with Crippen molar-refractivity contribution < 1.29 is 5.11 Å². The van der Waals surface area contributed by atoms with Gasteiger partial charge < -0.3 is 5.11 Å². The zero-order chi connectivity index (χ0) is 9.97. The minimum atomic E-state index is 0.263. The molecule has 2 aromatic carbocycles. The van der Waals surface area contributed by atoms with Crippen molar-refractivity contribution in [2.24, 2.45) is 0 Å². The summed E-state index contributed by atoms with van der Waals surface area (Å²) in [5, 5.41) is 9.79. The first-order chi connectivity index (χ1) is 6.79. The molecule has 0 spiro atoms. The van der Waals surface area contributed by atoms with Crippen LogP contribution in [0.2, 0.25) is 0 Å². The molecule has 1 radical (unpaired) electrons. The molecule has 0 aromatic heterocycles. The Balaban J connectivity index is 2.58. The van der Waals surface area contributed by atoms with E-state index in [9.17, 15) is 5.11 Å². The standard InChI is InChI=1S/C13H11O/c1-10-6-5-9-12(13(10)14)11-7-3-2-4-8-11/h2-9,14H,1H2. The topological polar surface area (TPSA) is 20.2 Å². The van der Waals surface area contributed by atoms with Gasteiger partial charge in [0, 0.05) is 5.56 Å². The van der Waals surface area contributed by atoms with Crippen LogP contribution in [0.3, 0.4) is 0 Å². The van der Waals surface area contributed by atoms with Gasteiger partial charge in [0.05, 0.1) is 0 Å². The van der Waals surface area contributed by atoms with E-state index in [1.807, 2.05) is 42.5 Å². The third kappa shape index (κ3) is 1.49. The fraction of sp³-hybridized carbons (Fsp3) is 0. The second-order valence-electron chi connectivity index (χ2n) is 3.18. The summed E-state index contributed by atoms with van der Waals surface area (Å²) >= 11 is 0. The molecule has 1 nitrogen and oxygen atoms in total. The highest BCUT2D eigenvalue weighted by atomic mass is 16.3. The Morgan fingerprint density at radius 2 is 1.57 bits per heavy atom. The third-order valence-corrected chi connectivity index (χ3v) is 2.20. The molecule has 2 rings (SSSR count). The van der Waals surface area contributed by atoms with Crippen molar-refractivity contribution >= 4 is 0 Å². The van der Waals surface area contributed by atoms with Crippen LogP contribution in [-0.2, 0) is 0 Å². The second kappa shape index (κ2) is 3.54. The molecule has 1 heteroatoms. The quantitative estimate of drug-likeness (QED) is 0.719. The Bertz CT molecular complexity index is 432. The SMILES string of the molecule is [CH2]c1cccc(-c2ccccc2)c1O. The van der Waals surface area contributed by atoms with E-state index in [1.165, 1.54) is 0 Å². The van der Waals surface area contributed by atoms with Crippen LogP contribution < -0.4 is 0 Å². The largest absolute Gasteiger partial charge is 0.507 e.